The van der Waals surface area contributed by atoms with Crippen LogP contribution >= 0.6 is 0 Å². The molecule has 3 aromatic heterocycles. The first-order valence-electron chi connectivity index (χ1n) is 9.47. The molecule has 2 aliphatic rings. The van der Waals surface area contributed by atoms with Gasteiger partial charge >= 0.3 is 0 Å². The molecule has 8 heteroatoms. The van der Waals surface area contributed by atoms with Crippen LogP contribution in [0, 0.1) is 11.8 Å². The zero-order valence-electron chi connectivity index (χ0n) is 15.9. The number of nitrogens with zero attached hydrogens (tertiary/aromatic N) is 8. The van der Waals surface area contributed by atoms with Gasteiger partial charge < -0.3 is 9.80 Å². The Kier molecular flexibility index (Phi) is 3.57. The lowest BCUT2D eigenvalue weighted by Crippen LogP contribution is -2.30. The van der Waals surface area contributed by atoms with E-state index in [1.165, 1.54) is 0 Å². The van der Waals surface area contributed by atoms with Crippen LogP contribution in [0.4, 0.5) is 11.6 Å². The van der Waals surface area contributed by atoms with E-state index in [4.69, 9.17) is 0 Å². The molecular formula is C19H24N8. The monoisotopic (exact) mass is 364 g/mol. The standard InChI is InChI=1S/C19H24N8/c1-19(2,3)15-6-18(21-11-20-15)26-9-13-7-25(8-14(13)10-26)17-5-4-16-23-22-12-27(16)24-17/h4-6,11-14H,7-10H2,1-3H3. The van der Waals surface area contributed by atoms with Crippen molar-refractivity contribution in [2.45, 2.75) is 26.2 Å². The molecule has 0 radical (unpaired) electrons. The largest absolute Gasteiger partial charge is 0.356 e. The lowest BCUT2D eigenvalue weighted by molar-refractivity contribution is 0.533. The van der Waals surface area contributed by atoms with Gasteiger partial charge in [0.15, 0.2) is 5.65 Å². The molecule has 0 aromatic carbocycles. The van der Waals surface area contributed by atoms with E-state index in [1.807, 2.05) is 12.1 Å². The molecule has 2 fully saturated rings. The molecule has 0 saturated carbocycles. The van der Waals surface area contributed by atoms with Crippen LogP contribution in [0.2, 0.25) is 0 Å². The SMILES string of the molecule is CC(C)(C)c1cc(N2CC3CN(c4ccc5nncn5n4)CC3C2)ncn1. The van der Waals surface area contributed by atoms with Crippen LogP contribution in [0.15, 0.2) is 30.9 Å². The van der Waals surface area contributed by atoms with Crippen LogP contribution in [0.1, 0.15) is 26.5 Å². The molecule has 8 nitrogen and oxygen atoms in total. The fourth-order valence-electron chi connectivity index (χ4n) is 4.18. The summed E-state index contributed by atoms with van der Waals surface area (Å²) in [6, 6.07) is 6.17. The number of anilines is 2. The van der Waals surface area contributed by atoms with Crippen molar-refractivity contribution < 1.29 is 0 Å². The van der Waals surface area contributed by atoms with Gasteiger partial charge in [-0.3, -0.25) is 0 Å². The Hall–Kier alpha value is -2.77. The minimum Gasteiger partial charge on any atom is -0.356 e. The summed E-state index contributed by atoms with van der Waals surface area (Å²) in [7, 11) is 0. The molecule has 27 heavy (non-hydrogen) atoms. The van der Waals surface area contributed by atoms with Crippen molar-refractivity contribution in [3.8, 4) is 0 Å². The third-order valence-electron chi connectivity index (χ3n) is 5.70. The number of rotatable bonds is 2. The van der Waals surface area contributed by atoms with Crippen molar-refractivity contribution in [3.63, 3.8) is 0 Å². The van der Waals surface area contributed by atoms with Crippen molar-refractivity contribution in [3.05, 3.63) is 36.5 Å². The maximum absolute atomic E-state index is 4.64. The highest BCUT2D eigenvalue weighted by atomic mass is 15.4. The molecule has 5 heterocycles. The molecule has 0 bridgehead atoms. The van der Waals surface area contributed by atoms with Crippen molar-refractivity contribution in [1.29, 1.82) is 0 Å². The Morgan fingerprint density at radius 1 is 0.926 bits per heavy atom. The highest BCUT2D eigenvalue weighted by Crippen LogP contribution is 2.35. The highest BCUT2D eigenvalue weighted by Gasteiger charge is 2.41. The summed E-state index contributed by atoms with van der Waals surface area (Å²) in [6.07, 6.45) is 3.36. The molecule has 140 valence electrons. The van der Waals surface area contributed by atoms with Crippen LogP contribution in [-0.2, 0) is 5.41 Å². The summed E-state index contributed by atoms with van der Waals surface area (Å²) >= 11 is 0. The van der Waals surface area contributed by atoms with E-state index < -0.39 is 0 Å². The van der Waals surface area contributed by atoms with Crippen molar-refractivity contribution in [2.75, 3.05) is 36.0 Å². The average molecular weight is 364 g/mol. The van der Waals surface area contributed by atoms with Crippen molar-refractivity contribution in [2.24, 2.45) is 11.8 Å². The molecule has 2 aliphatic heterocycles. The van der Waals surface area contributed by atoms with Gasteiger partial charge in [0.25, 0.3) is 0 Å². The first-order valence-corrected chi connectivity index (χ1v) is 9.47. The van der Waals surface area contributed by atoms with Gasteiger partial charge in [-0.05, 0) is 12.1 Å². The van der Waals surface area contributed by atoms with Crippen LogP contribution in [0.25, 0.3) is 5.65 Å². The Morgan fingerprint density at radius 2 is 1.63 bits per heavy atom. The maximum Gasteiger partial charge on any atom is 0.177 e. The smallest absolute Gasteiger partial charge is 0.177 e. The molecule has 2 atom stereocenters. The zero-order valence-corrected chi connectivity index (χ0v) is 15.9. The molecule has 2 saturated heterocycles. The molecular weight excluding hydrogens is 340 g/mol. The predicted octanol–water partition coefficient (Wildman–Crippen LogP) is 1.78. The zero-order chi connectivity index (χ0) is 18.6. The predicted molar refractivity (Wildman–Crippen MR) is 103 cm³/mol. The molecule has 0 N–H and O–H groups in total. The fraction of sp³-hybridized carbons (Fsp3) is 0.526. The summed E-state index contributed by atoms with van der Waals surface area (Å²) in [5, 5.41) is 12.6. The lowest BCUT2D eigenvalue weighted by atomic mass is 9.92. The van der Waals surface area contributed by atoms with E-state index in [1.54, 1.807) is 17.2 Å². The third kappa shape index (κ3) is 2.89. The minimum absolute atomic E-state index is 0.0383. The van der Waals surface area contributed by atoms with Gasteiger partial charge in [0.1, 0.15) is 24.3 Å². The lowest BCUT2D eigenvalue weighted by Gasteiger charge is -2.24. The number of hydrogen-bond acceptors (Lipinski definition) is 7. The quantitative estimate of drug-likeness (QED) is 0.686. The van der Waals surface area contributed by atoms with Crippen molar-refractivity contribution >= 4 is 17.3 Å². The van der Waals surface area contributed by atoms with Gasteiger partial charge in [-0.2, -0.15) is 4.52 Å². The third-order valence-corrected chi connectivity index (χ3v) is 5.70. The summed E-state index contributed by atoms with van der Waals surface area (Å²) < 4.78 is 1.74. The van der Waals surface area contributed by atoms with Crippen LogP contribution in [0.5, 0.6) is 0 Å². The van der Waals surface area contributed by atoms with Gasteiger partial charge in [-0.25, -0.2) is 9.97 Å². The van der Waals surface area contributed by atoms with Crippen LogP contribution in [0.3, 0.4) is 0 Å². The summed E-state index contributed by atoms with van der Waals surface area (Å²) in [5.41, 5.74) is 1.91. The fourth-order valence-corrected chi connectivity index (χ4v) is 4.18. The Balaban J connectivity index is 1.31. The average Bonchev–Trinajstić information content (AvgIpc) is 3.34. The van der Waals surface area contributed by atoms with Crippen LogP contribution < -0.4 is 9.80 Å². The highest BCUT2D eigenvalue weighted by molar-refractivity contribution is 5.48. The van der Waals surface area contributed by atoms with E-state index >= 15 is 0 Å². The molecule has 0 spiro atoms. The Labute approximate surface area is 158 Å². The summed E-state index contributed by atoms with van der Waals surface area (Å²) in [5.74, 6) is 3.33. The first-order chi connectivity index (χ1) is 13.0. The van der Waals surface area contributed by atoms with Gasteiger partial charge in [0.2, 0.25) is 0 Å². The van der Waals surface area contributed by atoms with Gasteiger partial charge in [-0.15, -0.1) is 15.3 Å². The summed E-state index contributed by atoms with van der Waals surface area (Å²) in [4.78, 5) is 13.8. The van der Waals surface area contributed by atoms with Gasteiger partial charge in [-0.1, -0.05) is 20.8 Å². The van der Waals surface area contributed by atoms with E-state index in [0.717, 1.165) is 49.2 Å². The van der Waals surface area contributed by atoms with Gasteiger partial charge in [0, 0.05) is 49.5 Å². The number of fused-ring (bicyclic) bond motifs is 2. The van der Waals surface area contributed by atoms with Crippen LogP contribution in [-0.4, -0.2) is 56.0 Å². The Morgan fingerprint density at radius 3 is 2.33 bits per heavy atom. The molecule has 0 aliphatic carbocycles. The maximum atomic E-state index is 4.64. The van der Waals surface area contributed by atoms with E-state index in [2.05, 4.69) is 61.9 Å². The van der Waals surface area contributed by atoms with Crippen molar-refractivity contribution in [1.82, 2.24) is 29.8 Å². The van der Waals surface area contributed by atoms with Gasteiger partial charge in [0.05, 0.1) is 5.69 Å². The first kappa shape index (κ1) is 16.4. The topological polar surface area (TPSA) is 75.3 Å². The number of hydrogen-bond donors (Lipinski definition) is 0. The Bertz CT molecular complexity index is 961. The minimum atomic E-state index is 0.0383. The molecule has 3 aromatic rings. The molecule has 2 unspecified atom stereocenters. The summed E-state index contributed by atoms with van der Waals surface area (Å²) in [6.45, 7) is 10.7. The second-order valence-electron chi connectivity index (χ2n) is 8.67. The molecule has 5 rings (SSSR count). The second-order valence-corrected chi connectivity index (χ2v) is 8.67. The number of aromatic nitrogens is 6. The van der Waals surface area contributed by atoms with E-state index in [0.29, 0.717) is 11.8 Å². The molecule has 0 amide bonds. The normalized spacial score (nSPS) is 22.6. The van der Waals surface area contributed by atoms with E-state index in [9.17, 15) is 0 Å². The van der Waals surface area contributed by atoms with E-state index in [-0.39, 0.29) is 5.41 Å². The second kappa shape index (κ2) is 5.87.